The molecule has 0 bridgehead atoms. The van der Waals surface area contributed by atoms with Crippen molar-refractivity contribution in [1.82, 2.24) is 19.7 Å². The molecule has 0 aliphatic rings. The van der Waals surface area contributed by atoms with Crippen molar-refractivity contribution < 1.29 is 13.6 Å². The molecule has 2 aromatic heterocycles. The maximum Gasteiger partial charge on any atom is 0.346 e. The highest BCUT2D eigenvalue weighted by molar-refractivity contribution is 7.13. The molecule has 2 heterocycles. The van der Waals surface area contributed by atoms with Gasteiger partial charge < -0.3 is 5.32 Å². The van der Waals surface area contributed by atoms with Crippen molar-refractivity contribution in [2.75, 3.05) is 6.54 Å². The Morgan fingerprint density at radius 2 is 1.96 bits per heavy atom. The number of hydrogen-bond acceptors (Lipinski definition) is 4. The van der Waals surface area contributed by atoms with Gasteiger partial charge in [-0.2, -0.15) is 0 Å². The van der Waals surface area contributed by atoms with Crippen LogP contribution in [0.1, 0.15) is 10.4 Å². The third-order valence-corrected chi connectivity index (χ3v) is 4.45. The average Bonchev–Trinajstić information content (AvgIpc) is 3.18. The molecule has 0 aliphatic heterocycles. The van der Waals surface area contributed by atoms with Gasteiger partial charge in [-0.1, -0.05) is 12.1 Å². The van der Waals surface area contributed by atoms with Gasteiger partial charge in [0, 0.05) is 13.6 Å². The Hall–Kier alpha value is -2.81. The van der Waals surface area contributed by atoms with Crippen LogP contribution >= 0.6 is 11.3 Å². The molecule has 0 radical (unpaired) electrons. The van der Waals surface area contributed by atoms with E-state index >= 15 is 0 Å². The third kappa shape index (κ3) is 3.36. The quantitative estimate of drug-likeness (QED) is 0.753. The maximum atomic E-state index is 13.6. The molecular formula is C16H14F2N4O2S. The number of carbonyl (C=O) groups excluding carboxylic acids is 1. The number of aromatic nitrogens is 3. The summed E-state index contributed by atoms with van der Waals surface area (Å²) < 4.78 is 29.7. The summed E-state index contributed by atoms with van der Waals surface area (Å²) in [7, 11) is 1.61. The van der Waals surface area contributed by atoms with Crippen molar-refractivity contribution in [1.29, 1.82) is 0 Å². The van der Waals surface area contributed by atoms with Gasteiger partial charge in [0.05, 0.1) is 11.4 Å². The van der Waals surface area contributed by atoms with E-state index in [1.807, 2.05) is 17.5 Å². The summed E-state index contributed by atoms with van der Waals surface area (Å²) in [5, 5.41) is 8.51. The Morgan fingerprint density at radius 1 is 1.24 bits per heavy atom. The van der Waals surface area contributed by atoms with Gasteiger partial charge in [-0.3, -0.25) is 9.36 Å². The minimum atomic E-state index is -0.938. The van der Waals surface area contributed by atoms with Gasteiger partial charge in [-0.05, 0) is 23.6 Å². The van der Waals surface area contributed by atoms with Crippen LogP contribution in [0.5, 0.6) is 0 Å². The van der Waals surface area contributed by atoms with E-state index in [0.29, 0.717) is 5.82 Å². The van der Waals surface area contributed by atoms with Gasteiger partial charge in [-0.25, -0.2) is 18.3 Å². The van der Waals surface area contributed by atoms with Gasteiger partial charge in [-0.15, -0.1) is 16.4 Å². The summed E-state index contributed by atoms with van der Waals surface area (Å²) in [6.07, 6.45) is 0. The van der Waals surface area contributed by atoms with E-state index in [0.717, 1.165) is 17.0 Å². The molecule has 0 fully saturated rings. The number of thiophene rings is 1. The fourth-order valence-corrected chi connectivity index (χ4v) is 3.08. The Kier molecular flexibility index (Phi) is 4.75. The molecule has 0 atom stereocenters. The minimum absolute atomic E-state index is 0.00735. The highest BCUT2D eigenvalue weighted by atomic mass is 32.1. The summed E-state index contributed by atoms with van der Waals surface area (Å²) in [4.78, 5) is 24.9. The summed E-state index contributed by atoms with van der Waals surface area (Å²) in [5.41, 5.74) is -0.982. The average molecular weight is 364 g/mol. The zero-order chi connectivity index (χ0) is 18.0. The first-order valence-corrected chi connectivity index (χ1v) is 8.27. The Bertz CT molecular complexity index is 943. The van der Waals surface area contributed by atoms with Crippen molar-refractivity contribution in [2.24, 2.45) is 7.05 Å². The molecule has 9 heteroatoms. The van der Waals surface area contributed by atoms with Crippen LogP contribution in [0.4, 0.5) is 8.78 Å². The fraction of sp³-hybridized carbons (Fsp3) is 0.188. The van der Waals surface area contributed by atoms with Gasteiger partial charge >= 0.3 is 5.69 Å². The smallest absolute Gasteiger partial charge is 0.346 e. The zero-order valence-electron chi connectivity index (χ0n) is 13.2. The monoisotopic (exact) mass is 364 g/mol. The van der Waals surface area contributed by atoms with Gasteiger partial charge in [0.25, 0.3) is 5.91 Å². The van der Waals surface area contributed by atoms with Crippen molar-refractivity contribution in [3.8, 4) is 10.7 Å². The second-order valence-electron chi connectivity index (χ2n) is 5.22. The molecule has 0 unspecified atom stereocenters. The lowest BCUT2D eigenvalue weighted by atomic mass is 10.2. The van der Waals surface area contributed by atoms with Crippen molar-refractivity contribution in [3.63, 3.8) is 0 Å². The first kappa shape index (κ1) is 17.0. The molecule has 6 nitrogen and oxygen atoms in total. The second-order valence-corrected chi connectivity index (χ2v) is 6.17. The predicted octanol–water partition coefficient (Wildman–Crippen LogP) is 2.02. The Labute approximate surface area is 145 Å². The predicted molar refractivity (Wildman–Crippen MR) is 89.5 cm³/mol. The molecule has 1 aromatic carbocycles. The molecular weight excluding hydrogens is 350 g/mol. The maximum absolute atomic E-state index is 13.6. The highest BCUT2D eigenvalue weighted by Gasteiger charge is 2.17. The molecule has 0 saturated carbocycles. The topological polar surface area (TPSA) is 68.9 Å². The van der Waals surface area contributed by atoms with Crippen molar-refractivity contribution in [3.05, 3.63) is 63.4 Å². The van der Waals surface area contributed by atoms with Crippen molar-refractivity contribution in [2.45, 2.75) is 6.54 Å². The van der Waals surface area contributed by atoms with Crippen molar-refractivity contribution >= 4 is 17.2 Å². The molecule has 1 amide bonds. The number of amides is 1. The molecule has 25 heavy (non-hydrogen) atoms. The number of halogens is 2. The van der Waals surface area contributed by atoms with Crippen LogP contribution in [0.25, 0.3) is 10.7 Å². The number of nitrogens with zero attached hydrogens (tertiary/aromatic N) is 3. The van der Waals surface area contributed by atoms with Crippen LogP contribution in [0.15, 0.2) is 40.5 Å². The van der Waals surface area contributed by atoms with E-state index < -0.39 is 23.1 Å². The third-order valence-electron chi connectivity index (χ3n) is 3.58. The Morgan fingerprint density at radius 3 is 2.60 bits per heavy atom. The second kappa shape index (κ2) is 6.98. The minimum Gasteiger partial charge on any atom is -0.350 e. The Balaban J connectivity index is 1.70. The van der Waals surface area contributed by atoms with Crippen LogP contribution in [-0.4, -0.2) is 26.8 Å². The lowest BCUT2D eigenvalue weighted by Gasteiger charge is -2.06. The summed E-state index contributed by atoms with van der Waals surface area (Å²) in [6.45, 7) is 0.0905. The lowest BCUT2D eigenvalue weighted by Crippen LogP contribution is -2.32. The normalized spacial score (nSPS) is 10.8. The number of benzene rings is 1. The first-order valence-electron chi connectivity index (χ1n) is 7.39. The van der Waals surface area contributed by atoms with Crippen LogP contribution in [-0.2, 0) is 13.6 Å². The van der Waals surface area contributed by atoms with Crippen LogP contribution in [0.2, 0.25) is 0 Å². The summed E-state index contributed by atoms with van der Waals surface area (Å²) >= 11 is 1.45. The molecule has 0 spiro atoms. The number of carbonyl (C=O) groups is 1. The number of hydrogen-bond donors (Lipinski definition) is 1. The van der Waals surface area contributed by atoms with Gasteiger partial charge in [0.15, 0.2) is 5.82 Å². The van der Waals surface area contributed by atoms with Crippen LogP contribution < -0.4 is 11.0 Å². The molecule has 1 N–H and O–H groups in total. The largest absolute Gasteiger partial charge is 0.350 e. The van der Waals surface area contributed by atoms with E-state index in [1.165, 1.54) is 26.7 Å². The number of nitrogens with one attached hydrogen (secondary N) is 1. The molecule has 130 valence electrons. The fourth-order valence-electron chi connectivity index (χ4n) is 2.33. The molecule has 3 aromatic rings. The molecule has 0 aliphatic carbocycles. The lowest BCUT2D eigenvalue weighted by molar-refractivity contribution is 0.0943. The van der Waals surface area contributed by atoms with E-state index in [-0.39, 0.29) is 18.8 Å². The number of rotatable bonds is 5. The first-order chi connectivity index (χ1) is 12.0. The van der Waals surface area contributed by atoms with Crippen LogP contribution in [0.3, 0.4) is 0 Å². The molecule has 0 saturated heterocycles. The van der Waals surface area contributed by atoms with E-state index in [1.54, 1.807) is 7.05 Å². The highest BCUT2D eigenvalue weighted by Crippen LogP contribution is 2.20. The molecule has 3 rings (SSSR count). The summed E-state index contributed by atoms with van der Waals surface area (Å²) in [6, 6.07) is 6.90. The summed E-state index contributed by atoms with van der Waals surface area (Å²) in [5.74, 6) is -2.23. The van der Waals surface area contributed by atoms with Gasteiger partial charge in [0.2, 0.25) is 0 Å². The standard InChI is InChI=1S/C16H14F2N4O2S/c1-21-14(12-6-3-9-25-12)20-22(16(21)24)8-7-19-15(23)13-10(17)4-2-5-11(13)18/h2-6,9H,7-8H2,1H3,(H,19,23). The van der Waals surface area contributed by atoms with Gasteiger partial charge in [0.1, 0.15) is 17.2 Å². The van der Waals surface area contributed by atoms with E-state index in [2.05, 4.69) is 10.4 Å². The van der Waals surface area contributed by atoms with E-state index in [4.69, 9.17) is 0 Å². The van der Waals surface area contributed by atoms with E-state index in [9.17, 15) is 18.4 Å². The SMILES string of the molecule is Cn1c(-c2cccs2)nn(CCNC(=O)c2c(F)cccc2F)c1=O. The van der Waals surface area contributed by atoms with Crippen LogP contribution in [0, 0.1) is 11.6 Å². The zero-order valence-corrected chi connectivity index (χ0v) is 14.0.